The smallest absolute Gasteiger partial charge is 0.223 e. The molecule has 0 aliphatic rings. The van der Waals surface area contributed by atoms with Crippen molar-refractivity contribution in [3.05, 3.63) is 52.9 Å². The summed E-state index contributed by atoms with van der Waals surface area (Å²) in [5.74, 6) is 0.595. The minimum Gasteiger partial charge on any atom is -0.385 e. The van der Waals surface area contributed by atoms with Gasteiger partial charge in [-0.2, -0.15) is 0 Å². The highest BCUT2D eigenvalue weighted by molar-refractivity contribution is 5.77. The minimum atomic E-state index is -1.19. The zero-order chi connectivity index (χ0) is 17.0. The first-order chi connectivity index (χ1) is 10.8. The topological polar surface area (TPSA) is 75.4 Å². The molecule has 0 spiro atoms. The molecule has 2 atom stereocenters. The van der Waals surface area contributed by atoms with Gasteiger partial charge in [0.1, 0.15) is 5.76 Å². The number of hydrogen-bond donors (Lipinski definition) is 2. The molecule has 1 aromatic heterocycles. The van der Waals surface area contributed by atoms with Gasteiger partial charge in [0.25, 0.3) is 0 Å². The van der Waals surface area contributed by atoms with E-state index < -0.39 is 5.60 Å². The first-order valence-corrected chi connectivity index (χ1v) is 7.78. The van der Waals surface area contributed by atoms with E-state index in [1.165, 1.54) is 0 Å². The largest absolute Gasteiger partial charge is 0.385 e. The third-order valence-electron chi connectivity index (χ3n) is 4.00. The molecule has 124 valence electrons. The molecule has 0 aliphatic carbocycles. The lowest BCUT2D eigenvalue weighted by Crippen LogP contribution is -2.38. The van der Waals surface area contributed by atoms with Crippen molar-refractivity contribution in [3.63, 3.8) is 0 Å². The SMILES string of the molecule is Cc1noc(C)c1CC(C)NC(=O)CC(C)(O)c1ccccc1. The van der Waals surface area contributed by atoms with Crippen LogP contribution in [0.25, 0.3) is 0 Å². The highest BCUT2D eigenvalue weighted by atomic mass is 16.5. The average Bonchev–Trinajstić information content (AvgIpc) is 2.79. The second-order valence-electron chi connectivity index (χ2n) is 6.29. The molecule has 23 heavy (non-hydrogen) atoms. The molecule has 2 N–H and O–H groups in total. The lowest BCUT2D eigenvalue weighted by molar-refractivity contribution is -0.126. The quantitative estimate of drug-likeness (QED) is 0.859. The average molecular weight is 316 g/mol. The maximum absolute atomic E-state index is 12.2. The molecule has 0 fully saturated rings. The van der Waals surface area contributed by atoms with Gasteiger partial charge in [0, 0.05) is 11.6 Å². The molecule has 5 nitrogen and oxygen atoms in total. The van der Waals surface area contributed by atoms with Gasteiger partial charge in [0.15, 0.2) is 0 Å². The second kappa shape index (κ2) is 6.96. The second-order valence-corrected chi connectivity index (χ2v) is 6.29. The highest BCUT2D eigenvalue weighted by Gasteiger charge is 2.27. The molecule has 2 aromatic rings. The molecular formula is C18H24N2O3. The number of aliphatic hydroxyl groups is 1. The molecule has 1 aromatic carbocycles. The number of benzene rings is 1. The maximum atomic E-state index is 12.2. The van der Waals surface area contributed by atoms with Gasteiger partial charge in [-0.25, -0.2) is 0 Å². The van der Waals surface area contributed by atoms with E-state index in [1.54, 1.807) is 6.92 Å². The van der Waals surface area contributed by atoms with Crippen LogP contribution in [0.1, 0.15) is 42.8 Å². The molecule has 1 heterocycles. The van der Waals surface area contributed by atoms with Crippen LogP contribution in [0.3, 0.4) is 0 Å². The fraction of sp³-hybridized carbons (Fsp3) is 0.444. The van der Waals surface area contributed by atoms with Gasteiger partial charge in [-0.15, -0.1) is 0 Å². The van der Waals surface area contributed by atoms with Crippen molar-refractivity contribution < 1.29 is 14.4 Å². The fourth-order valence-electron chi connectivity index (χ4n) is 2.69. The molecule has 0 saturated carbocycles. The van der Waals surface area contributed by atoms with Crippen LogP contribution >= 0.6 is 0 Å². The van der Waals surface area contributed by atoms with Crippen LogP contribution in [0.5, 0.6) is 0 Å². The molecule has 5 heteroatoms. The monoisotopic (exact) mass is 316 g/mol. The van der Waals surface area contributed by atoms with Crippen LogP contribution in [0.4, 0.5) is 0 Å². The van der Waals surface area contributed by atoms with Crippen molar-refractivity contribution in [2.45, 2.75) is 52.2 Å². The molecule has 2 rings (SSSR count). The van der Waals surface area contributed by atoms with Gasteiger partial charge >= 0.3 is 0 Å². The van der Waals surface area contributed by atoms with Crippen molar-refractivity contribution in [2.75, 3.05) is 0 Å². The predicted octanol–water partition coefficient (Wildman–Crippen LogP) is 2.64. The predicted molar refractivity (Wildman–Crippen MR) is 87.9 cm³/mol. The van der Waals surface area contributed by atoms with Gasteiger partial charge in [0.2, 0.25) is 5.91 Å². The summed E-state index contributed by atoms with van der Waals surface area (Å²) in [6, 6.07) is 9.15. The summed E-state index contributed by atoms with van der Waals surface area (Å²) < 4.78 is 5.14. The van der Waals surface area contributed by atoms with Crippen molar-refractivity contribution >= 4 is 5.91 Å². The van der Waals surface area contributed by atoms with Gasteiger partial charge in [-0.1, -0.05) is 35.5 Å². The van der Waals surface area contributed by atoms with Gasteiger partial charge in [-0.3, -0.25) is 4.79 Å². The van der Waals surface area contributed by atoms with Crippen molar-refractivity contribution in [1.29, 1.82) is 0 Å². The van der Waals surface area contributed by atoms with E-state index in [-0.39, 0.29) is 18.4 Å². The van der Waals surface area contributed by atoms with E-state index in [9.17, 15) is 9.90 Å². The zero-order valence-electron chi connectivity index (χ0n) is 14.1. The Labute approximate surface area is 136 Å². The molecular weight excluding hydrogens is 292 g/mol. The Kier molecular flexibility index (Phi) is 5.21. The molecule has 2 unspecified atom stereocenters. The Morgan fingerprint density at radius 1 is 1.35 bits per heavy atom. The van der Waals surface area contributed by atoms with Crippen LogP contribution in [0, 0.1) is 13.8 Å². The van der Waals surface area contributed by atoms with Gasteiger partial charge in [0.05, 0.1) is 17.7 Å². The van der Waals surface area contributed by atoms with Crippen LogP contribution in [0.15, 0.2) is 34.9 Å². The number of aryl methyl sites for hydroxylation is 2. The van der Waals surface area contributed by atoms with Crippen LogP contribution in [-0.4, -0.2) is 22.2 Å². The van der Waals surface area contributed by atoms with E-state index in [1.807, 2.05) is 51.1 Å². The van der Waals surface area contributed by atoms with Gasteiger partial charge < -0.3 is 14.9 Å². The lowest BCUT2D eigenvalue weighted by atomic mass is 9.92. The van der Waals surface area contributed by atoms with Crippen LogP contribution < -0.4 is 5.32 Å². The standard InChI is InChI=1S/C18H24N2O3/c1-12(10-16-13(2)20-23-14(16)3)19-17(21)11-18(4,22)15-8-6-5-7-9-15/h5-9,12,22H,10-11H2,1-4H3,(H,19,21). The third kappa shape index (κ3) is 4.42. The number of carbonyl (C=O) groups excluding carboxylic acids is 1. The number of rotatable bonds is 6. The summed E-state index contributed by atoms with van der Waals surface area (Å²) in [4.78, 5) is 12.2. The number of aromatic nitrogens is 1. The highest BCUT2D eigenvalue weighted by Crippen LogP contribution is 2.24. The fourth-order valence-corrected chi connectivity index (χ4v) is 2.69. The van der Waals surface area contributed by atoms with Crippen LogP contribution in [0.2, 0.25) is 0 Å². The lowest BCUT2D eigenvalue weighted by Gasteiger charge is -2.24. The molecule has 0 radical (unpaired) electrons. The third-order valence-corrected chi connectivity index (χ3v) is 4.00. The Hall–Kier alpha value is -2.14. The number of nitrogens with one attached hydrogen (secondary N) is 1. The molecule has 0 bridgehead atoms. The Morgan fingerprint density at radius 3 is 2.57 bits per heavy atom. The van der Waals surface area contributed by atoms with E-state index >= 15 is 0 Å². The minimum absolute atomic E-state index is 0.0168. The maximum Gasteiger partial charge on any atom is 0.223 e. The summed E-state index contributed by atoms with van der Waals surface area (Å²) >= 11 is 0. The van der Waals surface area contributed by atoms with Crippen molar-refractivity contribution in [2.24, 2.45) is 0 Å². The van der Waals surface area contributed by atoms with Crippen molar-refractivity contribution in [3.8, 4) is 0 Å². The first-order valence-electron chi connectivity index (χ1n) is 7.78. The van der Waals surface area contributed by atoms with Gasteiger partial charge in [-0.05, 0) is 39.7 Å². The molecule has 0 saturated heterocycles. The van der Waals surface area contributed by atoms with Crippen molar-refractivity contribution in [1.82, 2.24) is 10.5 Å². The molecule has 0 aliphatic heterocycles. The number of carbonyl (C=O) groups is 1. The summed E-state index contributed by atoms with van der Waals surface area (Å²) in [5.41, 5.74) is 1.41. The Bertz CT molecular complexity index is 643. The zero-order valence-corrected chi connectivity index (χ0v) is 14.1. The number of amides is 1. The van der Waals surface area contributed by atoms with E-state index in [0.29, 0.717) is 6.42 Å². The number of hydrogen-bond acceptors (Lipinski definition) is 4. The Balaban J connectivity index is 1.94. The summed E-state index contributed by atoms with van der Waals surface area (Å²) in [7, 11) is 0. The number of nitrogens with zero attached hydrogens (tertiary/aromatic N) is 1. The normalized spacial score (nSPS) is 15.0. The molecule has 1 amide bonds. The van der Waals surface area contributed by atoms with E-state index in [4.69, 9.17) is 4.52 Å². The summed E-state index contributed by atoms with van der Waals surface area (Å²) in [5, 5.41) is 17.4. The van der Waals surface area contributed by atoms with E-state index in [2.05, 4.69) is 10.5 Å². The summed E-state index contributed by atoms with van der Waals surface area (Å²) in [6.45, 7) is 7.34. The van der Waals surface area contributed by atoms with Crippen LogP contribution in [-0.2, 0) is 16.8 Å². The Morgan fingerprint density at radius 2 is 2.00 bits per heavy atom. The van der Waals surface area contributed by atoms with E-state index in [0.717, 1.165) is 22.6 Å². The first kappa shape index (κ1) is 17.2. The summed E-state index contributed by atoms with van der Waals surface area (Å²) in [6.07, 6.45) is 0.670.